The van der Waals surface area contributed by atoms with Crippen LogP contribution in [0.2, 0.25) is 5.02 Å². The molecular formula is C88H97ClN28O11S8. The van der Waals surface area contributed by atoms with E-state index in [1.54, 1.807) is 77.0 Å². The highest BCUT2D eigenvalue weighted by atomic mass is 35.5. The second-order valence-electron chi connectivity index (χ2n) is 31.1. The van der Waals surface area contributed by atoms with Crippen molar-refractivity contribution in [1.29, 1.82) is 0 Å². The van der Waals surface area contributed by atoms with E-state index in [-0.39, 0.29) is 58.5 Å². The number of aromatic amines is 3. The number of fused-ring (bicyclic) bond motifs is 1. The first-order valence-electron chi connectivity index (χ1n) is 42.2. The van der Waals surface area contributed by atoms with Gasteiger partial charge in [0, 0.05) is 106 Å². The summed E-state index contributed by atoms with van der Waals surface area (Å²) in [6.45, 7) is 24.4. The normalized spacial score (nSPS) is 13.9. The smallest absolute Gasteiger partial charge is 0.260 e. The Morgan fingerprint density at radius 3 is 1.55 bits per heavy atom. The van der Waals surface area contributed by atoms with E-state index < -0.39 is 0 Å². The zero-order chi connectivity index (χ0) is 97.4. The van der Waals surface area contributed by atoms with Crippen molar-refractivity contribution < 1.29 is 47.6 Å². The van der Waals surface area contributed by atoms with Crippen molar-refractivity contribution in [2.24, 2.45) is 60.6 Å². The number of H-pyrrole nitrogens is 3. The molecular weight excluding hydrogens is 1920 g/mol. The average Bonchev–Trinajstić information content (AvgIpc) is 1.59. The fraction of sp³-hybridized carbons (Fsp3) is 0.364. The molecule has 136 heavy (non-hydrogen) atoms. The standard InChI is InChI=1S/C17H15N3O2S.C16H16N4O2S.C14H17N5O2S.C11H14N4OS.C11H13N3O2S.C10H12N4OS2.C9H10ClN5OS/c1-10(21)9-23-15-8-14(18-19-15)13-7-12-4-2-3-11-5-6-20(16(11)12)17(13)22;1-10(21)9-23-16-6-13(18-19-16)12-7-20(8-15(17)22)14-5-3-2-4-11(12)14;1-10(20)9-22-14-16-12(17-18-14)11-3-2-4-15-13(11)19-5-7-21-8-6-19;1-7(16)6-17-11-4-10(13-14-11)9-5-12-15(3)8(9)2;1-6(15)5-17-10-4-9(12-13-10)11-7(2)14-16-8(11)3;1-5(15)4-16-10-12-9(13-14-10)8-6(2)11-7(3)17-8;1-5(16)4-17-9-11-8(12-13-9)7-6(10)3-15(2)14-7/h2-4,7H,5-6,8-9H2,1H3;2-5,7H,6,8-9H2,1H3,(H2,17,22);2-4H,5-9H2,1H3,(H,16,17,18);5H,4,6H2,1-3H3;4-5H2,1-3H3;4H2,1-3H3,(H,12,13,14);3H,4H2,1-2H3,(H,11,12,13). The van der Waals surface area contributed by atoms with Crippen molar-refractivity contribution in [3.8, 4) is 33.6 Å². The van der Waals surface area contributed by atoms with Gasteiger partial charge in [-0.3, -0.25) is 67.8 Å². The number of anilines is 1. The number of pyridine rings is 2. The van der Waals surface area contributed by atoms with Crippen LogP contribution in [0, 0.1) is 34.6 Å². The maximum atomic E-state index is 12.8. The third kappa shape index (κ3) is 28.8. The Labute approximate surface area is 819 Å². The predicted octanol–water partition coefficient (Wildman–Crippen LogP) is 13.2. The third-order valence-corrected chi connectivity index (χ3v) is 28.4. The van der Waals surface area contributed by atoms with Gasteiger partial charge in [0.1, 0.15) is 84.5 Å². The number of primary amides is 1. The van der Waals surface area contributed by atoms with Crippen LogP contribution in [0.15, 0.2) is 151 Å². The summed E-state index contributed by atoms with van der Waals surface area (Å²) in [7, 11) is 3.68. The van der Waals surface area contributed by atoms with E-state index in [1.165, 1.54) is 94.8 Å². The van der Waals surface area contributed by atoms with Crippen molar-refractivity contribution in [2.75, 3.05) is 71.5 Å². The van der Waals surface area contributed by atoms with Gasteiger partial charge in [-0.2, -0.15) is 35.6 Å². The van der Waals surface area contributed by atoms with Crippen molar-refractivity contribution in [2.45, 2.75) is 144 Å². The van der Waals surface area contributed by atoms with Crippen LogP contribution in [0.5, 0.6) is 0 Å². The van der Waals surface area contributed by atoms with Gasteiger partial charge in [-0.25, -0.2) is 19.9 Å². The highest BCUT2D eigenvalue weighted by Crippen LogP contribution is 2.34. The van der Waals surface area contributed by atoms with Crippen LogP contribution in [0.1, 0.15) is 130 Å². The van der Waals surface area contributed by atoms with Crippen LogP contribution in [0.4, 0.5) is 5.82 Å². The number of nitrogens with one attached hydrogen (secondary N) is 3. The fourth-order valence-electron chi connectivity index (χ4n) is 13.5. The number of aromatic nitrogens is 18. The molecule has 39 nitrogen and oxygen atoms in total. The highest BCUT2D eigenvalue weighted by molar-refractivity contribution is 8.15. The number of hydrogen-bond acceptors (Lipinski definition) is 39. The van der Waals surface area contributed by atoms with E-state index in [0.717, 1.165) is 152 Å². The Morgan fingerprint density at radius 1 is 0.537 bits per heavy atom. The lowest BCUT2D eigenvalue weighted by molar-refractivity contribution is -0.119. The second-order valence-corrected chi connectivity index (χ2v) is 39.7. The van der Waals surface area contributed by atoms with Gasteiger partial charge >= 0.3 is 0 Å². The first-order chi connectivity index (χ1) is 65.2. The first kappa shape index (κ1) is 103. The van der Waals surface area contributed by atoms with Gasteiger partial charge in [-0.05, 0) is 125 Å². The third-order valence-electron chi connectivity index (χ3n) is 19.7. The van der Waals surface area contributed by atoms with E-state index in [2.05, 4.69) is 123 Å². The zero-order valence-corrected chi connectivity index (χ0v) is 84.0. The number of thiazole rings is 1. The Balaban J connectivity index is 0.000000143. The molecule has 5 N–H and O–H groups in total. The number of carbonyl (C=O) groups is 8. The number of hydrogen-bond donors (Lipinski definition) is 4. The lowest BCUT2D eigenvalue weighted by Crippen LogP contribution is -2.37. The van der Waals surface area contributed by atoms with E-state index in [4.69, 9.17) is 26.6 Å². The Kier molecular flexibility index (Phi) is 37.2. The van der Waals surface area contributed by atoms with E-state index in [0.29, 0.717) is 128 Å². The summed E-state index contributed by atoms with van der Waals surface area (Å²) in [6.07, 6.45) is 10.5. The minimum absolute atomic E-state index is 0.00854. The number of nitrogens with zero attached hydrogens (tertiary/aromatic N) is 24. The molecule has 1 fully saturated rings. The number of carbonyl (C=O) groups excluding carboxylic acids is 8. The fourth-order valence-corrected chi connectivity index (χ4v) is 19.3. The minimum atomic E-state index is -0.389. The summed E-state index contributed by atoms with van der Waals surface area (Å²) < 4.78 is 17.6. The highest BCUT2D eigenvalue weighted by Gasteiger charge is 2.28. The molecule has 6 aliphatic heterocycles. The number of ether oxygens (including phenoxy) is 1. The molecule has 18 rings (SSSR count). The molecule has 0 spiro atoms. The van der Waals surface area contributed by atoms with E-state index >= 15 is 0 Å². The van der Waals surface area contributed by atoms with Crippen LogP contribution in [0.3, 0.4) is 0 Å². The molecule has 0 radical (unpaired) electrons. The minimum Gasteiger partial charge on any atom is -0.378 e. The molecule has 0 unspecified atom stereocenters. The number of Topliss-reactive ketones (excluding diaryl/α,β-unsaturated/α-hetero) is 7. The number of benzene rings is 2. The summed E-state index contributed by atoms with van der Waals surface area (Å²) in [5, 5.41) is 74.9. The summed E-state index contributed by atoms with van der Waals surface area (Å²) in [5.74, 6) is 6.81. The van der Waals surface area contributed by atoms with Gasteiger partial charge in [-0.15, -0.1) is 94.1 Å². The number of halogens is 1. The molecule has 0 bridgehead atoms. The summed E-state index contributed by atoms with van der Waals surface area (Å²) >= 11 is 17.2. The number of thioether (sulfide) groups is 7. The molecule has 48 heteroatoms. The molecule has 10 aromatic heterocycles. The molecule has 1 saturated heterocycles. The van der Waals surface area contributed by atoms with Crippen LogP contribution in [-0.2, 0) is 76.7 Å². The molecule has 6 aliphatic rings. The molecule has 1 amide bonds. The van der Waals surface area contributed by atoms with Crippen LogP contribution >= 0.6 is 105 Å². The van der Waals surface area contributed by atoms with Gasteiger partial charge in [0.15, 0.2) is 17.5 Å². The lowest BCUT2D eigenvalue weighted by Gasteiger charge is -2.28. The Hall–Kier alpha value is -12.0. The quantitative estimate of drug-likeness (QED) is 0.0347. The van der Waals surface area contributed by atoms with E-state index in [1.807, 2.05) is 122 Å². The predicted molar refractivity (Wildman–Crippen MR) is 541 cm³/mol. The molecule has 0 saturated carbocycles. The Morgan fingerprint density at radius 2 is 1.04 bits per heavy atom. The van der Waals surface area contributed by atoms with Crippen LogP contribution in [0.25, 0.3) is 55.4 Å². The van der Waals surface area contributed by atoms with Crippen molar-refractivity contribution in [1.82, 2.24) is 89.4 Å². The molecule has 16 heterocycles. The van der Waals surface area contributed by atoms with Gasteiger partial charge in [0.05, 0.1) is 131 Å². The zero-order valence-electron chi connectivity index (χ0n) is 76.8. The van der Waals surface area contributed by atoms with Crippen LogP contribution < -0.4 is 16.2 Å². The van der Waals surface area contributed by atoms with Crippen molar-refractivity contribution in [3.05, 3.63) is 156 Å². The number of nitrogens with two attached hydrogens (primary N) is 1. The first-order valence-corrected chi connectivity index (χ1v) is 50.3. The number of morpholine rings is 1. The molecule has 0 atom stereocenters. The number of ketones is 7. The topological polar surface area (TPSA) is 513 Å². The maximum absolute atomic E-state index is 12.8. The van der Waals surface area contributed by atoms with E-state index in [9.17, 15) is 43.2 Å². The van der Waals surface area contributed by atoms with Crippen molar-refractivity contribution >= 4 is 222 Å². The molecule has 2 aromatic carbocycles. The number of rotatable bonds is 27. The van der Waals surface area contributed by atoms with Gasteiger partial charge in [0.25, 0.3) is 5.56 Å². The Bertz CT molecular complexity index is 6700. The second kappa shape index (κ2) is 49.2. The van der Waals surface area contributed by atoms with Crippen molar-refractivity contribution in [3.63, 3.8) is 0 Å². The summed E-state index contributed by atoms with van der Waals surface area (Å²) in [5.41, 5.74) is 19.8. The number of aryl methyl sites for hydroxylation is 8. The van der Waals surface area contributed by atoms with Gasteiger partial charge in [-0.1, -0.05) is 88.4 Å². The number of amides is 1. The van der Waals surface area contributed by atoms with Gasteiger partial charge in [0.2, 0.25) is 21.4 Å². The molecule has 12 aromatic rings. The maximum Gasteiger partial charge on any atom is 0.260 e. The summed E-state index contributed by atoms with van der Waals surface area (Å²) in [4.78, 5) is 126. The molecule has 710 valence electrons. The van der Waals surface area contributed by atoms with Gasteiger partial charge < -0.3 is 29.0 Å². The SMILES string of the molecule is CC(=O)CSC1=NN=C(c2c(C)noc2C)C1.CC(=O)CSC1=NN=C(c2cc3cccc4c3n(c2=O)CC4)C1.CC(=O)CSC1=NN=C(c2cn(CC(N)=O)c3ccccc23)C1.CC(=O)CSC1=NN=C(c2cnn(C)c2C)C1.CC(=O)CSc1n[nH]c(-c2cccnc2N2CCOCC2)n1.CC(=O)CSc1n[nH]c(-c2nn(C)cc2Cl)n1.CC(=O)CSc1n[nH]c(-c2sc(C)nc2C)n1. The number of para-hydroxylation sites is 2. The monoisotopic (exact) mass is 2010 g/mol. The lowest BCUT2D eigenvalue weighted by atomic mass is 10.1. The molecule has 0 aliphatic carbocycles. The largest absolute Gasteiger partial charge is 0.378 e. The average molecular weight is 2010 g/mol. The van der Waals surface area contributed by atoms with Crippen LogP contribution in [-0.4, -0.2) is 245 Å². The summed E-state index contributed by atoms with van der Waals surface area (Å²) in [6, 6.07) is 19.7.